The van der Waals surface area contributed by atoms with Crippen LogP contribution in [0.2, 0.25) is 0 Å². The molecule has 6 amide bonds. The summed E-state index contributed by atoms with van der Waals surface area (Å²) < 4.78 is 15.4. The second-order valence-corrected chi connectivity index (χ2v) is 9.48. The summed E-state index contributed by atoms with van der Waals surface area (Å²) in [7, 11) is 1.56. The molecule has 4 N–H and O–H groups in total. The Labute approximate surface area is 240 Å². The van der Waals surface area contributed by atoms with Gasteiger partial charge in [0.05, 0.1) is 5.25 Å². The minimum absolute atomic E-state index is 0.0504. The molecule has 1 aliphatic rings. The van der Waals surface area contributed by atoms with Crippen LogP contribution in [0.4, 0.5) is 9.59 Å². The Morgan fingerprint density at radius 3 is 2.02 bits per heavy atom. The predicted molar refractivity (Wildman–Crippen MR) is 150 cm³/mol. The summed E-state index contributed by atoms with van der Waals surface area (Å²) in [5, 5.41) is 9.94. The lowest BCUT2D eigenvalue weighted by Gasteiger charge is -2.18. The molecule has 0 aromatic rings. The van der Waals surface area contributed by atoms with Crippen molar-refractivity contribution in [2.24, 2.45) is 0 Å². The SMILES string of the molecule is CCCNC(=O)CCN1C(=O)CC(SC)C1=O.CCNC(=O)OCC(COC(=O)NCC)OCCCC(=O)NC. The highest BCUT2D eigenvalue weighted by molar-refractivity contribution is 8.00. The Bertz CT molecular complexity index is 794. The smallest absolute Gasteiger partial charge is 0.407 e. The third-order valence-electron chi connectivity index (χ3n) is 5.25. The fourth-order valence-corrected chi connectivity index (χ4v) is 3.76. The van der Waals surface area contributed by atoms with Gasteiger partial charge >= 0.3 is 12.2 Å². The first-order valence-electron chi connectivity index (χ1n) is 13.4. The minimum Gasteiger partial charge on any atom is -0.447 e. The summed E-state index contributed by atoms with van der Waals surface area (Å²) in [4.78, 5) is 69.5. The van der Waals surface area contributed by atoms with E-state index >= 15 is 0 Å². The number of ether oxygens (including phenoxy) is 3. The van der Waals surface area contributed by atoms with Gasteiger partial charge in [0.15, 0.2) is 0 Å². The van der Waals surface area contributed by atoms with E-state index in [0.717, 1.165) is 6.42 Å². The van der Waals surface area contributed by atoms with Crippen molar-refractivity contribution < 1.29 is 43.0 Å². The molecule has 0 aliphatic carbocycles. The zero-order valence-electron chi connectivity index (χ0n) is 24.2. The Balaban J connectivity index is 0.000000793. The number of likely N-dealkylation sites (tertiary alicyclic amines) is 1. The van der Waals surface area contributed by atoms with E-state index in [4.69, 9.17) is 14.2 Å². The van der Waals surface area contributed by atoms with Crippen LogP contribution in [0.1, 0.15) is 52.9 Å². The summed E-state index contributed by atoms with van der Waals surface area (Å²) in [5.74, 6) is -0.522. The highest BCUT2D eigenvalue weighted by Gasteiger charge is 2.37. The summed E-state index contributed by atoms with van der Waals surface area (Å²) in [6, 6.07) is 0. The molecule has 0 spiro atoms. The molecule has 14 nitrogen and oxygen atoms in total. The number of rotatable bonds is 17. The number of imide groups is 1. The largest absolute Gasteiger partial charge is 0.447 e. The molecule has 1 unspecified atom stereocenters. The van der Waals surface area contributed by atoms with E-state index in [1.165, 1.54) is 16.7 Å². The first-order valence-corrected chi connectivity index (χ1v) is 14.7. The van der Waals surface area contributed by atoms with Crippen molar-refractivity contribution in [1.82, 2.24) is 26.2 Å². The quantitative estimate of drug-likeness (QED) is 0.139. The van der Waals surface area contributed by atoms with Gasteiger partial charge in [-0.15, -0.1) is 0 Å². The number of alkyl carbamates (subject to hydrolysis) is 2. The van der Waals surface area contributed by atoms with Crippen LogP contribution in [0.5, 0.6) is 0 Å². The average Bonchev–Trinajstić information content (AvgIpc) is 3.21. The Morgan fingerprint density at radius 2 is 1.55 bits per heavy atom. The van der Waals surface area contributed by atoms with Crippen molar-refractivity contribution in [3.63, 3.8) is 0 Å². The monoisotopic (exact) mass is 591 g/mol. The van der Waals surface area contributed by atoms with Crippen LogP contribution in [-0.2, 0) is 33.4 Å². The van der Waals surface area contributed by atoms with Gasteiger partial charge in [0.1, 0.15) is 19.3 Å². The van der Waals surface area contributed by atoms with Crippen molar-refractivity contribution >= 4 is 47.6 Å². The van der Waals surface area contributed by atoms with Crippen molar-refractivity contribution in [2.45, 2.75) is 64.2 Å². The number of thioether (sulfide) groups is 1. The lowest BCUT2D eigenvalue weighted by molar-refractivity contribution is -0.138. The Hall–Kier alpha value is -3.07. The number of carbonyl (C=O) groups is 6. The van der Waals surface area contributed by atoms with Crippen LogP contribution in [0.25, 0.3) is 0 Å². The van der Waals surface area contributed by atoms with Crippen LogP contribution in [-0.4, -0.2) is 111 Å². The normalized spacial score (nSPS) is 14.2. The molecule has 0 aromatic heterocycles. The third-order valence-corrected chi connectivity index (χ3v) is 6.18. The fraction of sp³-hybridized carbons (Fsp3) is 0.760. The second-order valence-electron chi connectivity index (χ2n) is 8.44. The first kappa shape index (κ1) is 36.9. The minimum atomic E-state index is -0.593. The van der Waals surface area contributed by atoms with Crippen LogP contribution in [0.15, 0.2) is 0 Å². The van der Waals surface area contributed by atoms with Crippen LogP contribution < -0.4 is 21.3 Å². The third kappa shape index (κ3) is 16.8. The van der Waals surface area contributed by atoms with E-state index in [2.05, 4.69) is 21.3 Å². The molecule has 0 saturated carbocycles. The number of hydrogen-bond donors (Lipinski definition) is 4. The van der Waals surface area contributed by atoms with Gasteiger partial charge in [-0.3, -0.25) is 24.1 Å². The lowest BCUT2D eigenvalue weighted by atomic mass is 10.3. The van der Waals surface area contributed by atoms with Crippen LogP contribution in [0.3, 0.4) is 0 Å². The Morgan fingerprint density at radius 1 is 0.950 bits per heavy atom. The maximum Gasteiger partial charge on any atom is 0.407 e. The van der Waals surface area contributed by atoms with E-state index in [1.807, 2.05) is 13.2 Å². The van der Waals surface area contributed by atoms with E-state index < -0.39 is 18.3 Å². The van der Waals surface area contributed by atoms with E-state index in [0.29, 0.717) is 32.5 Å². The standard InChI is InChI=1S/C14H27N3O6.C11H18N2O3S/c1-4-16-13(19)22-9-11(10-23-14(20)17-5-2)21-8-6-7-12(18)15-3;1-3-5-12-9(14)4-6-13-10(15)7-8(17-2)11(13)16/h11H,4-10H2,1-3H3,(H,15,18)(H,16,19)(H,17,20);8H,3-7H2,1-2H3,(H,12,14). The molecule has 1 saturated heterocycles. The van der Waals surface area contributed by atoms with Gasteiger partial charge in [-0.25, -0.2) is 9.59 Å². The summed E-state index contributed by atoms with van der Waals surface area (Å²) in [6.45, 7) is 7.43. The fourth-order valence-electron chi connectivity index (χ4n) is 3.12. The number of nitrogens with one attached hydrogen (secondary N) is 4. The second kappa shape index (κ2) is 22.7. The van der Waals surface area contributed by atoms with Crippen LogP contribution >= 0.6 is 11.8 Å². The maximum absolute atomic E-state index is 11.7. The lowest BCUT2D eigenvalue weighted by Crippen LogP contribution is -2.35. The van der Waals surface area contributed by atoms with E-state index in [1.54, 1.807) is 20.9 Å². The molecule has 1 aliphatic heterocycles. The highest BCUT2D eigenvalue weighted by atomic mass is 32.2. The predicted octanol–water partition coefficient (Wildman–Crippen LogP) is 0.783. The summed E-state index contributed by atoms with van der Waals surface area (Å²) in [5.41, 5.74) is 0. The van der Waals surface area contributed by atoms with Gasteiger partial charge in [0, 0.05) is 59.1 Å². The molecular weight excluding hydrogens is 546 g/mol. The van der Waals surface area contributed by atoms with Crippen LogP contribution in [0, 0.1) is 0 Å². The van der Waals surface area contributed by atoms with Gasteiger partial charge in [-0.1, -0.05) is 6.92 Å². The van der Waals surface area contributed by atoms with E-state index in [-0.39, 0.29) is 68.1 Å². The van der Waals surface area contributed by atoms with Gasteiger partial charge in [0.25, 0.3) is 0 Å². The molecular formula is C25H45N5O9S. The molecule has 1 atom stereocenters. The van der Waals surface area contributed by atoms with E-state index in [9.17, 15) is 28.8 Å². The molecule has 40 heavy (non-hydrogen) atoms. The number of amides is 6. The molecule has 0 aromatic carbocycles. The number of carbonyl (C=O) groups excluding carboxylic acids is 6. The van der Waals surface area contributed by atoms with Gasteiger partial charge < -0.3 is 35.5 Å². The van der Waals surface area contributed by atoms with Gasteiger partial charge in [-0.2, -0.15) is 11.8 Å². The zero-order chi connectivity index (χ0) is 30.3. The molecule has 0 radical (unpaired) electrons. The topological polar surface area (TPSA) is 181 Å². The molecule has 230 valence electrons. The number of hydrogen-bond acceptors (Lipinski definition) is 10. The van der Waals surface area contributed by atoms with Gasteiger partial charge in [-0.05, 0) is 32.9 Å². The molecule has 15 heteroatoms. The number of nitrogens with zero attached hydrogens (tertiary/aromatic N) is 1. The Kier molecular flexibility index (Phi) is 21.0. The van der Waals surface area contributed by atoms with Crippen molar-refractivity contribution in [2.75, 3.05) is 59.3 Å². The van der Waals surface area contributed by atoms with Crippen molar-refractivity contribution in [3.05, 3.63) is 0 Å². The zero-order valence-corrected chi connectivity index (χ0v) is 25.0. The van der Waals surface area contributed by atoms with Gasteiger partial charge in [0.2, 0.25) is 23.6 Å². The van der Waals surface area contributed by atoms with Crippen molar-refractivity contribution in [3.8, 4) is 0 Å². The van der Waals surface area contributed by atoms with Crippen molar-refractivity contribution in [1.29, 1.82) is 0 Å². The molecule has 0 bridgehead atoms. The molecule has 1 fully saturated rings. The highest BCUT2D eigenvalue weighted by Crippen LogP contribution is 2.22. The molecule has 1 rings (SSSR count). The summed E-state index contributed by atoms with van der Waals surface area (Å²) in [6.07, 6.45) is 2.26. The molecule has 1 heterocycles. The average molecular weight is 592 g/mol. The summed E-state index contributed by atoms with van der Waals surface area (Å²) >= 11 is 1.38. The maximum atomic E-state index is 11.7. The first-order chi connectivity index (χ1) is 19.1.